The van der Waals surface area contributed by atoms with Gasteiger partial charge in [-0.15, -0.1) is 11.3 Å². The zero-order chi connectivity index (χ0) is 17.9. The van der Waals surface area contributed by atoms with Crippen molar-refractivity contribution in [1.82, 2.24) is 9.97 Å². The van der Waals surface area contributed by atoms with E-state index >= 15 is 0 Å². The fourth-order valence-electron chi connectivity index (χ4n) is 3.44. The van der Waals surface area contributed by atoms with Crippen LogP contribution in [0, 0.1) is 0 Å². The van der Waals surface area contributed by atoms with Gasteiger partial charge in [-0.3, -0.25) is 0 Å². The third kappa shape index (κ3) is 3.39. The van der Waals surface area contributed by atoms with Crippen molar-refractivity contribution in [2.75, 3.05) is 37.5 Å². The average molecular weight is 370 g/mol. The number of ether oxygens (including phenoxy) is 2. The van der Waals surface area contributed by atoms with Crippen molar-refractivity contribution in [3.05, 3.63) is 36.0 Å². The maximum absolute atomic E-state index is 5.37. The highest BCUT2D eigenvalue weighted by molar-refractivity contribution is 7.16. The minimum Gasteiger partial charge on any atom is -0.497 e. The first-order chi connectivity index (χ1) is 12.8. The number of anilines is 2. The Balaban J connectivity index is 1.53. The third-order valence-electron chi connectivity index (χ3n) is 4.68. The summed E-state index contributed by atoms with van der Waals surface area (Å²) in [6.45, 7) is 1.92. The van der Waals surface area contributed by atoms with Crippen LogP contribution in [0.5, 0.6) is 11.5 Å². The predicted octanol–water partition coefficient (Wildman–Crippen LogP) is 3.79. The Morgan fingerprint density at radius 3 is 2.73 bits per heavy atom. The van der Waals surface area contributed by atoms with Crippen molar-refractivity contribution >= 4 is 33.1 Å². The standard InChI is InChI=1S/C19H22N4O2S/c1-24-15-8-14(9-16(10-15)25-2)22-13-4-3-6-23(11-13)18-17-5-7-26-19(17)21-12-20-18/h5,7-10,12-13,22H,3-4,6,11H2,1-2H3. The van der Waals surface area contributed by atoms with Gasteiger partial charge >= 0.3 is 0 Å². The van der Waals surface area contributed by atoms with E-state index in [-0.39, 0.29) is 0 Å². The molecule has 0 aliphatic carbocycles. The van der Waals surface area contributed by atoms with Crippen molar-refractivity contribution in [3.63, 3.8) is 0 Å². The van der Waals surface area contributed by atoms with Gasteiger partial charge in [-0.1, -0.05) is 0 Å². The Morgan fingerprint density at radius 2 is 1.96 bits per heavy atom. The zero-order valence-corrected chi connectivity index (χ0v) is 15.8. The SMILES string of the molecule is COc1cc(NC2CCCN(c3ncnc4sccc34)C2)cc(OC)c1. The molecule has 0 radical (unpaired) electrons. The van der Waals surface area contributed by atoms with E-state index in [1.54, 1.807) is 31.9 Å². The molecule has 1 N–H and O–H groups in total. The third-order valence-corrected chi connectivity index (χ3v) is 5.50. The van der Waals surface area contributed by atoms with E-state index < -0.39 is 0 Å². The van der Waals surface area contributed by atoms with Gasteiger partial charge in [-0.25, -0.2) is 9.97 Å². The van der Waals surface area contributed by atoms with Crippen LogP contribution in [-0.2, 0) is 0 Å². The molecule has 0 bridgehead atoms. The number of benzene rings is 1. The van der Waals surface area contributed by atoms with Crippen molar-refractivity contribution in [2.45, 2.75) is 18.9 Å². The molecule has 1 saturated heterocycles. The number of nitrogens with one attached hydrogen (secondary N) is 1. The van der Waals surface area contributed by atoms with Crippen LogP contribution in [0.4, 0.5) is 11.5 Å². The molecule has 26 heavy (non-hydrogen) atoms. The van der Waals surface area contributed by atoms with Crippen molar-refractivity contribution in [1.29, 1.82) is 0 Å². The first-order valence-electron chi connectivity index (χ1n) is 8.69. The maximum atomic E-state index is 5.37. The minimum absolute atomic E-state index is 0.337. The van der Waals surface area contributed by atoms with Gasteiger partial charge in [0.15, 0.2) is 0 Å². The van der Waals surface area contributed by atoms with Gasteiger partial charge in [-0.05, 0) is 24.3 Å². The van der Waals surface area contributed by atoms with Gasteiger partial charge in [0.2, 0.25) is 0 Å². The van der Waals surface area contributed by atoms with Crippen molar-refractivity contribution in [3.8, 4) is 11.5 Å². The molecule has 2 aromatic heterocycles. The molecule has 1 aromatic carbocycles. The highest BCUT2D eigenvalue weighted by Gasteiger charge is 2.23. The number of rotatable bonds is 5. The molecule has 1 aliphatic heterocycles. The Labute approximate surface area is 156 Å². The second-order valence-electron chi connectivity index (χ2n) is 6.37. The van der Waals surface area contributed by atoms with Gasteiger partial charge in [0.25, 0.3) is 0 Å². The van der Waals surface area contributed by atoms with E-state index in [1.807, 2.05) is 18.2 Å². The molecule has 1 atom stereocenters. The molecule has 3 aromatic rings. The quantitative estimate of drug-likeness (QED) is 0.737. The van der Waals surface area contributed by atoms with Crippen LogP contribution in [0.2, 0.25) is 0 Å². The summed E-state index contributed by atoms with van der Waals surface area (Å²) < 4.78 is 10.7. The lowest BCUT2D eigenvalue weighted by molar-refractivity contribution is 0.394. The van der Waals surface area contributed by atoms with Crippen LogP contribution in [0.25, 0.3) is 10.2 Å². The van der Waals surface area contributed by atoms with Crippen LogP contribution in [0.15, 0.2) is 36.0 Å². The van der Waals surface area contributed by atoms with E-state index in [2.05, 4.69) is 31.6 Å². The monoisotopic (exact) mass is 370 g/mol. The predicted molar refractivity (Wildman–Crippen MR) is 106 cm³/mol. The number of hydrogen-bond acceptors (Lipinski definition) is 7. The lowest BCUT2D eigenvalue weighted by Gasteiger charge is -2.34. The second kappa shape index (κ2) is 7.37. The van der Waals surface area contributed by atoms with Crippen LogP contribution in [-0.4, -0.2) is 43.3 Å². The van der Waals surface area contributed by atoms with Crippen LogP contribution < -0.4 is 19.7 Å². The highest BCUT2D eigenvalue weighted by Crippen LogP contribution is 2.30. The van der Waals surface area contributed by atoms with E-state index in [1.165, 1.54) is 0 Å². The lowest BCUT2D eigenvalue weighted by atomic mass is 10.0. The van der Waals surface area contributed by atoms with E-state index in [4.69, 9.17) is 9.47 Å². The maximum Gasteiger partial charge on any atom is 0.140 e. The smallest absolute Gasteiger partial charge is 0.140 e. The average Bonchev–Trinajstić information content (AvgIpc) is 3.16. The molecular weight excluding hydrogens is 348 g/mol. The lowest BCUT2D eigenvalue weighted by Crippen LogP contribution is -2.42. The van der Waals surface area contributed by atoms with Crippen LogP contribution in [0.1, 0.15) is 12.8 Å². The Bertz CT molecular complexity index is 876. The number of nitrogens with zero attached hydrogens (tertiary/aromatic N) is 3. The van der Waals surface area contributed by atoms with Gasteiger partial charge in [0.05, 0.1) is 19.6 Å². The summed E-state index contributed by atoms with van der Waals surface area (Å²) in [5, 5.41) is 6.84. The molecule has 1 fully saturated rings. The first-order valence-corrected chi connectivity index (χ1v) is 9.57. The molecular formula is C19H22N4O2S. The van der Waals surface area contributed by atoms with Crippen LogP contribution in [0.3, 0.4) is 0 Å². The molecule has 1 aliphatic rings. The van der Waals surface area contributed by atoms with E-state index in [0.29, 0.717) is 6.04 Å². The Kier molecular flexibility index (Phi) is 4.79. The summed E-state index contributed by atoms with van der Waals surface area (Å²) in [6, 6.07) is 8.34. The Hall–Kier alpha value is -2.54. The number of piperidine rings is 1. The van der Waals surface area contributed by atoms with Gasteiger partial charge in [-0.2, -0.15) is 0 Å². The summed E-state index contributed by atoms with van der Waals surface area (Å²) in [4.78, 5) is 12.3. The summed E-state index contributed by atoms with van der Waals surface area (Å²) >= 11 is 1.66. The molecule has 4 rings (SSSR count). The summed E-state index contributed by atoms with van der Waals surface area (Å²) in [5.74, 6) is 2.61. The fourth-order valence-corrected chi connectivity index (χ4v) is 4.17. The van der Waals surface area contributed by atoms with Gasteiger partial charge in [0, 0.05) is 43.0 Å². The molecule has 1 unspecified atom stereocenters. The summed E-state index contributed by atoms with van der Waals surface area (Å²) in [7, 11) is 3.34. The van der Waals surface area contributed by atoms with E-state index in [0.717, 1.165) is 59.2 Å². The topological polar surface area (TPSA) is 59.5 Å². The first kappa shape index (κ1) is 16.9. The number of fused-ring (bicyclic) bond motifs is 1. The molecule has 7 heteroatoms. The summed E-state index contributed by atoms with van der Waals surface area (Å²) in [6.07, 6.45) is 3.90. The van der Waals surface area contributed by atoms with Crippen molar-refractivity contribution < 1.29 is 9.47 Å². The molecule has 0 saturated carbocycles. The Morgan fingerprint density at radius 1 is 1.15 bits per heavy atom. The van der Waals surface area contributed by atoms with Crippen molar-refractivity contribution in [2.24, 2.45) is 0 Å². The second-order valence-corrected chi connectivity index (χ2v) is 7.26. The van der Waals surface area contributed by atoms with Gasteiger partial charge < -0.3 is 19.7 Å². The molecule has 136 valence electrons. The fraction of sp³-hybridized carbons (Fsp3) is 0.368. The number of hydrogen-bond donors (Lipinski definition) is 1. The van der Waals surface area contributed by atoms with Crippen LogP contribution >= 0.6 is 11.3 Å². The normalized spacial score (nSPS) is 17.3. The zero-order valence-electron chi connectivity index (χ0n) is 14.9. The van der Waals surface area contributed by atoms with E-state index in [9.17, 15) is 0 Å². The summed E-state index contributed by atoms with van der Waals surface area (Å²) in [5.41, 5.74) is 1.01. The molecule has 6 nitrogen and oxygen atoms in total. The minimum atomic E-state index is 0.337. The van der Waals surface area contributed by atoms with Gasteiger partial charge in [0.1, 0.15) is 28.5 Å². The largest absolute Gasteiger partial charge is 0.497 e. The highest BCUT2D eigenvalue weighted by atomic mass is 32.1. The number of thiophene rings is 1. The molecule has 0 amide bonds. The number of aromatic nitrogens is 2. The molecule has 0 spiro atoms. The number of methoxy groups -OCH3 is 2. The molecule has 3 heterocycles.